The van der Waals surface area contributed by atoms with Gasteiger partial charge in [-0.15, -0.1) is 0 Å². The molecular weight excluding hydrogens is 386 g/mol. The van der Waals surface area contributed by atoms with Crippen LogP contribution in [0, 0.1) is 0 Å². The minimum Gasteiger partial charge on any atom is -0.309 e. The molecule has 7 heteroatoms. The Morgan fingerprint density at radius 1 is 1.07 bits per heavy atom. The van der Waals surface area contributed by atoms with Crippen LogP contribution in [0.1, 0.15) is 31.0 Å². The quantitative estimate of drug-likeness (QED) is 0.776. The van der Waals surface area contributed by atoms with Gasteiger partial charge < -0.3 is 9.80 Å². The van der Waals surface area contributed by atoms with E-state index in [1.54, 1.807) is 34.3 Å². The molecule has 2 aliphatic rings. The summed E-state index contributed by atoms with van der Waals surface area (Å²) in [6.45, 7) is 5.34. The molecule has 6 nitrogen and oxygen atoms in total. The van der Waals surface area contributed by atoms with Gasteiger partial charge in [-0.3, -0.25) is 4.79 Å². The Bertz CT molecular complexity index is 1020. The fourth-order valence-corrected chi connectivity index (χ4v) is 6.17. The van der Waals surface area contributed by atoms with Crippen LogP contribution in [0.2, 0.25) is 0 Å². The summed E-state index contributed by atoms with van der Waals surface area (Å²) in [5.74, 6) is -0.0185. The Kier molecular flexibility index (Phi) is 5.23. The Hall–Kier alpha value is -2.22. The maximum Gasteiger partial charge on any atom is 0.243 e. The summed E-state index contributed by atoms with van der Waals surface area (Å²) in [6, 6.07) is 14.8. The molecule has 2 aromatic carbocycles. The van der Waals surface area contributed by atoms with Gasteiger partial charge in [-0.25, -0.2) is 8.42 Å². The highest BCUT2D eigenvalue weighted by molar-refractivity contribution is 7.89. The number of anilines is 1. The molecular formula is C22H27N3O3S. The molecule has 0 radical (unpaired) electrons. The van der Waals surface area contributed by atoms with Crippen molar-refractivity contribution < 1.29 is 13.2 Å². The molecule has 0 saturated carbocycles. The molecule has 2 heterocycles. The van der Waals surface area contributed by atoms with E-state index in [4.69, 9.17) is 0 Å². The normalized spacial score (nSPS) is 23.2. The molecule has 154 valence electrons. The molecule has 0 bridgehead atoms. The van der Waals surface area contributed by atoms with Crippen LogP contribution in [-0.4, -0.2) is 56.3 Å². The molecule has 0 aromatic heterocycles. The third-order valence-electron chi connectivity index (χ3n) is 5.93. The van der Waals surface area contributed by atoms with Crippen LogP contribution in [0.15, 0.2) is 53.4 Å². The van der Waals surface area contributed by atoms with Gasteiger partial charge in [0.15, 0.2) is 0 Å². The van der Waals surface area contributed by atoms with Crippen LogP contribution in [-0.2, 0) is 21.2 Å². The number of benzene rings is 2. The van der Waals surface area contributed by atoms with Gasteiger partial charge in [-0.05, 0) is 49.7 Å². The van der Waals surface area contributed by atoms with Crippen molar-refractivity contribution in [3.8, 4) is 0 Å². The minimum atomic E-state index is -3.66. The second kappa shape index (κ2) is 7.55. The third-order valence-corrected chi connectivity index (χ3v) is 7.84. The standard InChI is InChI=1S/C22H27N3O3S/c1-16-13-19-14-20(9-10-21(19)25(16)17(2)26)29(27,28)24-12-11-23(3)15-22(24)18-7-5-4-6-8-18/h4-10,14,16,22H,11-13,15H2,1-3H3/t16-,22+/m0/s1. The van der Waals surface area contributed by atoms with Crippen molar-refractivity contribution in [1.29, 1.82) is 0 Å². The molecule has 0 spiro atoms. The van der Waals surface area contributed by atoms with Crippen LogP contribution in [0.3, 0.4) is 0 Å². The summed E-state index contributed by atoms with van der Waals surface area (Å²) in [7, 11) is -1.64. The predicted octanol–water partition coefficient (Wildman–Crippen LogP) is 2.66. The van der Waals surface area contributed by atoms with Crippen molar-refractivity contribution in [2.24, 2.45) is 0 Å². The largest absolute Gasteiger partial charge is 0.309 e. The molecule has 1 fully saturated rings. The number of fused-ring (bicyclic) bond motifs is 1. The van der Waals surface area contributed by atoms with E-state index < -0.39 is 10.0 Å². The van der Waals surface area contributed by atoms with Gasteiger partial charge >= 0.3 is 0 Å². The zero-order valence-corrected chi connectivity index (χ0v) is 17.9. The lowest BCUT2D eigenvalue weighted by molar-refractivity contribution is -0.116. The lowest BCUT2D eigenvalue weighted by atomic mass is 10.1. The fourth-order valence-electron chi connectivity index (χ4n) is 4.52. The van der Waals surface area contributed by atoms with Gasteiger partial charge in [-0.2, -0.15) is 4.31 Å². The highest BCUT2D eigenvalue weighted by Crippen LogP contribution is 2.36. The Morgan fingerprint density at radius 3 is 2.48 bits per heavy atom. The molecule has 1 amide bonds. The second-order valence-electron chi connectivity index (χ2n) is 8.04. The Balaban J connectivity index is 1.71. The zero-order valence-electron chi connectivity index (χ0n) is 17.1. The topological polar surface area (TPSA) is 60.9 Å². The van der Waals surface area contributed by atoms with E-state index in [-0.39, 0.29) is 18.0 Å². The smallest absolute Gasteiger partial charge is 0.243 e. The van der Waals surface area contributed by atoms with E-state index in [2.05, 4.69) is 4.90 Å². The number of rotatable bonds is 3. The number of hydrogen-bond acceptors (Lipinski definition) is 4. The number of sulfonamides is 1. The van der Waals surface area contributed by atoms with Gasteiger partial charge in [0.1, 0.15) is 0 Å². The second-order valence-corrected chi connectivity index (χ2v) is 9.93. The number of carbonyl (C=O) groups is 1. The molecule has 0 unspecified atom stereocenters. The lowest BCUT2D eigenvalue weighted by Crippen LogP contribution is -2.49. The van der Waals surface area contributed by atoms with Crippen LogP contribution in [0.5, 0.6) is 0 Å². The van der Waals surface area contributed by atoms with Crippen LogP contribution in [0.25, 0.3) is 0 Å². The van der Waals surface area contributed by atoms with Crippen molar-refractivity contribution in [3.05, 3.63) is 59.7 Å². The highest BCUT2D eigenvalue weighted by Gasteiger charge is 2.37. The molecule has 4 rings (SSSR count). The van der Waals surface area contributed by atoms with Crippen molar-refractivity contribution >= 4 is 21.6 Å². The summed E-state index contributed by atoms with van der Waals surface area (Å²) in [6.07, 6.45) is 0.670. The van der Waals surface area contributed by atoms with Crippen LogP contribution >= 0.6 is 0 Å². The lowest BCUT2D eigenvalue weighted by Gasteiger charge is -2.39. The summed E-state index contributed by atoms with van der Waals surface area (Å²) in [4.78, 5) is 16.2. The molecule has 1 saturated heterocycles. The van der Waals surface area contributed by atoms with E-state index in [0.717, 1.165) is 16.8 Å². The number of carbonyl (C=O) groups excluding carboxylic acids is 1. The first-order chi connectivity index (χ1) is 13.8. The molecule has 2 aliphatic heterocycles. The Labute approximate surface area is 172 Å². The highest BCUT2D eigenvalue weighted by atomic mass is 32.2. The van der Waals surface area contributed by atoms with Crippen molar-refractivity contribution in [2.45, 2.75) is 37.2 Å². The van der Waals surface area contributed by atoms with Crippen LogP contribution < -0.4 is 4.90 Å². The van der Waals surface area contributed by atoms with Crippen molar-refractivity contribution in [1.82, 2.24) is 9.21 Å². The maximum absolute atomic E-state index is 13.6. The van der Waals surface area contributed by atoms with Gasteiger partial charge in [0.25, 0.3) is 0 Å². The van der Waals surface area contributed by atoms with E-state index in [9.17, 15) is 13.2 Å². The van der Waals surface area contributed by atoms with Crippen molar-refractivity contribution in [3.63, 3.8) is 0 Å². The van der Waals surface area contributed by atoms with Gasteiger partial charge in [0.2, 0.25) is 15.9 Å². The Morgan fingerprint density at radius 2 is 1.79 bits per heavy atom. The maximum atomic E-state index is 13.6. The first kappa shape index (κ1) is 20.1. The minimum absolute atomic E-state index is 0.0185. The van der Waals surface area contributed by atoms with E-state index in [1.165, 1.54) is 0 Å². The summed E-state index contributed by atoms with van der Waals surface area (Å²) in [5.41, 5.74) is 2.74. The van der Waals surface area contributed by atoms with E-state index in [1.807, 2.05) is 44.3 Å². The number of likely N-dealkylation sites (N-methyl/N-ethyl adjacent to an activating group) is 1. The average molecular weight is 414 g/mol. The van der Waals surface area contributed by atoms with E-state index in [0.29, 0.717) is 31.0 Å². The number of hydrogen-bond donors (Lipinski definition) is 0. The number of amides is 1. The molecule has 0 N–H and O–H groups in total. The zero-order chi connectivity index (χ0) is 20.8. The summed E-state index contributed by atoms with van der Waals surface area (Å²) in [5, 5.41) is 0. The van der Waals surface area contributed by atoms with Crippen molar-refractivity contribution in [2.75, 3.05) is 31.6 Å². The number of nitrogens with zero attached hydrogens (tertiary/aromatic N) is 3. The molecule has 2 atom stereocenters. The SMILES string of the molecule is CC(=O)N1c2ccc(S(=O)(=O)N3CCN(C)C[C@@H]3c3ccccc3)cc2C[C@@H]1C. The van der Waals surface area contributed by atoms with Crippen LogP contribution in [0.4, 0.5) is 5.69 Å². The molecule has 2 aromatic rings. The first-order valence-corrected chi connectivity index (χ1v) is 11.4. The molecule has 0 aliphatic carbocycles. The van der Waals surface area contributed by atoms with Gasteiger partial charge in [-0.1, -0.05) is 30.3 Å². The molecule has 29 heavy (non-hydrogen) atoms. The van der Waals surface area contributed by atoms with Gasteiger partial charge in [0, 0.05) is 38.3 Å². The fraction of sp³-hybridized carbons (Fsp3) is 0.409. The predicted molar refractivity (Wildman–Crippen MR) is 113 cm³/mol. The number of piperazine rings is 1. The van der Waals surface area contributed by atoms with E-state index >= 15 is 0 Å². The first-order valence-electron chi connectivity index (χ1n) is 9.97. The average Bonchev–Trinajstić information content (AvgIpc) is 3.03. The van der Waals surface area contributed by atoms with Gasteiger partial charge in [0.05, 0.1) is 10.9 Å². The monoisotopic (exact) mass is 413 g/mol. The summed E-state index contributed by atoms with van der Waals surface area (Å²) < 4.78 is 28.8. The third kappa shape index (κ3) is 3.58. The summed E-state index contributed by atoms with van der Waals surface area (Å²) >= 11 is 0.